The highest BCUT2D eigenvalue weighted by Crippen LogP contribution is 2.70. The van der Waals surface area contributed by atoms with Crippen molar-refractivity contribution in [3.63, 3.8) is 0 Å². The number of nitrogens with two attached hydrogens (primary N) is 1. The molecule has 29 atom stereocenters. The van der Waals surface area contributed by atoms with Gasteiger partial charge in [0.15, 0.2) is 0 Å². The van der Waals surface area contributed by atoms with Gasteiger partial charge < -0.3 is 82.8 Å². The molecule has 1 aliphatic heterocycles. The molecule has 2 rings (SSSR count). The average Bonchev–Trinajstić information content (AvgIpc) is 1.18. The van der Waals surface area contributed by atoms with E-state index in [0.29, 0.717) is 59.4 Å². The lowest BCUT2D eigenvalue weighted by molar-refractivity contribution is -0.144. The first-order valence-corrected chi connectivity index (χ1v) is 53.2. The molecule has 11 amide bonds. The van der Waals surface area contributed by atoms with Crippen molar-refractivity contribution in [3.8, 4) is 0 Å². The molecule has 0 spiro atoms. The predicted molar refractivity (Wildman–Crippen MR) is 429 cm³/mol. The highest BCUT2D eigenvalue weighted by molar-refractivity contribution is 8.60. The molecule has 1 fully saturated rings. The normalized spacial score (nSPS) is 19.0. The monoisotopic (exact) mass is 1640 g/mol. The second kappa shape index (κ2) is 49.4. The van der Waals surface area contributed by atoms with Crippen LogP contribution in [0, 0.1) is 35.5 Å². The number of allylic oxidation sites excluding steroid dienone is 1. The lowest BCUT2D eigenvalue weighted by Gasteiger charge is -2.31. The fraction of sp³-hybridized carbons (Fsp3) is 0.672. The number of primary amides is 1. The number of aliphatic hydroxyl groups excluding tert-OH is 1. The highest BCUT2D eigenvalue weighted by Gasteiger charge is 2.41. The maximum Gasteiger partial charge on any atom is 0.326 e. The molecule has 0 radical (unpaired) electrons. The minimum atomic E-state index is -1.76. The molecule has 101 heavy (non-hydrogen) atoms. The maximum absolute atomic E-state index is 14.7. The van der Waals surface area contributed by atoms with Crippen molar-refractivity contribution in [2.45, 2.75) is 207 Å². The van der Waals surface area contributed by atoms with Crippen LogP contribution in [0.15, 0.2) is 42.6 Å². The Morgan fingerprint density at radius 2 is 0.941 bits per heavy atom. The standard InChI is InChI=1S/C61H112N12O16P12/c1-13-31(6)46(68-52(77)40(17-5)26-38-21-19-18-20-22-38)57(82)66-43(29-88-100(94)97-91)55(80)64-41(23-24-45(62)75)53(78)69-48(33(8)15-3)59(84)70-47(32(7)14-2)58(83)67-44(30-89-101(95)98-92)56(81)72-50(37(12)74)60(85)63-36(11)51(76)65-42(54(79)71-49(61(86)87)34(9)16-4)27-39-25-35(10)73(28-39)99(93)96-90/h18-22,31-34,36-37,39-44,46-50,74,96-98H,10,13-17,23-30,90-95H2,1-9,11-12H3,(H2,62,75)(H,63,85)(H,64,80)(H,65,76)(H,66,82)(H,67,83)(H,68,77)(H,69,78)(H,70,84)(H,71,79)(H,72,81)(H,86,87)/t31-,32-,33-,34-,36-,37-,39-,40+,41+,42-,43-,44-,46-,47-,48+,49+,50+,99?,100?,101?/m0/s1. The van der Waals surface area contributed by atoms with Crippen LogP contribution in [-0.2, 0) is 73.0 Å². The van der Waals surface area contributed by atoms with Gasteiger partial charge in [-0.2, -0.15) is 0 Å². The number of benzene rings is 1. The van der Waals surface area contributed by atoms with Crippen molar-refractivity contribution in [3.05, 3.63) is 48.2 Å². The summed E-state index contributed by atoms with van der Waals surface area (Å²) in [5, 5.41) is 47.8. The van der Waals surface area contributed by atoms with Crippen LogP contribution in [0.2, 0.25) is 0 Å². The van der Waals surface area contributed by atoms with Crippen LogP contribution in [0.5, 0.6) is 0 Å². The van der Waals surface area contributed by atoms with Crippen LogP contribution in [0.1, 0.15) is 140 Å². The van der Waals surface area contributed by atoms with Crippen LogP contribution < -0.4 is 58.9 Å². The van der Waals surface area contributed by atoms with Gasteiger partial charge in [-0.05, 0) is 97.0 Å². The van der Waals surface area contributed by atoms with Crippen molar-refractivity contribution in [2.24, 2.45) is 41.2 Å². The summed E-state index contributed by atoms with van der Waals surface area (Å²) in [7, 11) is 13.5. The Kier molecular flexibility index (Phi) is 46.2. The Balaban J connectivity index is 2.49. The SMILES string of the molecule is C=C1C[C@@H](C[C@H](NC(=O)[C@H](C)NC(=O)[C@H](NC(=O)[C@H](COP(P)PP)NC(=O)[C@@H](NC(=O)[C@H](NC(=O)[C@@H](CCC(N)=O)NC(=O)[C@H](COP(P)PP)NC(=O)[C@@H](NC(=O)[C@H](CC)Cc2ccccc2)[C@@H](C)CC)[C@@H](C)CC)[C@@H](C)CC)[C@H](C)O)C(=O)N[C@@H](C(=O)O)[C@@H](C)CC)CN1P(P)PP. The zero-order valence-corrected chi connectivity index (χ0v) is 72.2. The van der Waals surface area contributed by atoms with Gasteiger partial charge in [0.25, 0.3) is 0 Å². The molecule has 40 heteroatoms. The van der Waals surface area contributed by atoms with Crippen molar-refractivity contribution in [2.75, 3.05) is 19.8 Å². The first-order chi connectivity index (χ1) is 47.6. The molecule has 1 aromatic carbocycles. The Bertz CT molecular complexity index is 2910. The van der Waals surface area contributed by atoms with Crippen molar-refractivity contribution in [1.82, 2.24) is 57.8 Å². The van der Waals surface area contributed by atoms with Crippen LogP contribution in [0.3, 0.4) is 0 Å². The third-order valence-electron chi connectivity index (χ3n) is 17.7. The van der Waals surface area contributed by atoms with Gasteiger partial charge in [0.1, 0.15) is 60.4 Å². The maximum atomic E-state index is 14.7. The van der Waals surface area contributed by atoms with E-state index in [-0.39, 0.29) is 47.2 Å². The van der Waals surface area contributed by atoms with E-state index in [0.717, 1.165) is 11.3 Å². The van der Waals surface area contributed by atoms with Crippen LogP contribution in [-0.4, -0.2) is 172 Å². The van der Waals surface area contributed by atoms with Gasteiger partial charge in [0.05, 0.1) is 34.4 Å². The molecule has 0 bridgehead atoms. The van der Waals surface area contributed by atoms with Crippen LogP contribution in [0.4, 0.5) is 0 Å². The van der Waals surface area contributed by atoms with E-state index in [4.69, 9.17) is 14.8 Å². The van der Waals surface area contributed by atoms with Crippen molar-refractivity contribution < 1.29 is 76.8 Å². The number of aliphatic carboxylic acids is 1. The Morgan fingerprint density at radius 1 is 0.545 bits per heavy atom. The molecule has 0 aliphatic carbocycles. The first-order valence-electron chi connectivity index (χ1n) is 33.6. The second-order valence-corrected chi connectivity index (χ2v) is 51.3. The topological polar surface area (TPSA) is 413 Å². The van der Waals surface area contributed by atoms with E-state index in [1.165, 1.54) is 13.8 Å². The molecule has 1 saturated heterocycles. The lowest BCUT2D eigenvalue weighted by atomic mass is 9.93. The molecular formula is C61H112N12O16P12. The third kappa shape index (κ3) is 32.8. The zero-order chi connectivity index (χ0) is 76.5. The lowest BCUT2D eigenvalue weighted by Crippen LogP contribution is -2.63. The minimum absolute atomic E-state index is 0.102. The summed E-state index contributed by atoms with van der Waals surface area (Å²) in [6, 6.07) is -4.66. The zero-order valence-electron chi connectivity index (χ0n) is 59.5. The van der Waals surface area contributed by atoms with E-state index in [1.807, 2.05) is 44.2 Å². The molecule has 1 heterocycles. The molecule has 0 saturated carbocycles. The fourth-order valence-electron chi connectivity index (χ4n) is 10.5. The first kappa shape index (κ1) is 94.5. The predicted octanol–water partition coefficient (Wildman–Crippen LogP) is 6.01. The van der Waals surface area contributed by atoms with Crippen LogP contribution >= 0.6 is 99.9 Å². The van der Waals surface area contributed by atoms with E-state index in [9.17, 15) is 67.7 Å². The molecule has 12 unspecified atom stereocenters. The number of carbonyl (C=O) groups excluding carboxylic acids is 11. The Hall–Kier alpha value is -2.56. The number of rotatable bonds is 48. The number of nitrogens with one attached hydrogen (secondary N) is 10. The van der Waals surface area contributed by atoms with E-state index in [2.05, 4.69) is 118 Å². The number of hydrogen-bond acceptors (Lipinski definition) is 16. The average molecular weight is 1640 g/mol. The molecule has 28 nitrogen and oxygen atoms in total. The number of aliphatic hydroxyl groups is 1. The molecular weight excluding hydrogens is 1530 g/mol. The van der Waals surface area contributed by atoms with E-state index < -0.39 is 197 Å². The number of nitrogens with zero attached hydrogens (tertiary/aromatic N) is 1. The Morgan fingerprint density at radius 3 is 1.39 bits per heavy atom. The fourth-order valence-corrected chi connectivity index (χ4v) is 18.0. The second-order valence-electron chi connectivity index (χ2n) is 25.3. The number of hydrogen-bond donors (Lipinski definition) is 13. The number of carboxylic acids is 1. The molecule has 572 valence electrons. The largest absolute Gasteiger partial charge is 0.480 e. The summed E-state index contributed by atoms with van der Waals surface area (Å²) < 4.78 is 14.1. The van der Waals surface area contributed by atoms with Crippen molar-refractivity contribution >= 4 is 171 Å². The Labute approximate surface area is 618 Å². The van der Waals surface area contributed by atoms with Gasteiger partial charge in [0, 0.05) is 32.0 Å². The molecule has 1 aromatic rings. The van der Waals surface area contributed by atoms with E-state index >= 15 is 0 Å². The van der Waals surface area contributed by atoms with Gasteiger partial charge in [-0.15, -0.1) is 26.8 Å². The van der Waals surface area contributed by atoms with Gasteiger partial charge in [-0.3, -0.25) is 52.7 Å². The van der Waals surface area contributed by atoms with Crippen LogP contribution in [0.25, 0.3) is 0 Å². The van der Waals surface area contributed by atoms with Gasteiger partial charge >= 0.3 is 5.97 Å². The molecule has 0 aromatic heterocycles. The summed E-state index contributed by atoms with van der Waals surface area (Å²) in [5.74, 6) is -13.0. The number of amides is 11. The summed E-state index contributed by atoms with van der Waals surface area (Å²) in [6.45, 7) is 22.3. The summed E-state index contributed by atoms with van der Waals surface area (Å²) in [4.78, 5) is 168. The minimum Gasteiger partial charge on any atom is -0.480 e. The van der Waals surface area contributed by atoms with E-state index in [1.54, 1.807) is 48.5 Å². The smallest absolute Gasteiger partial charge is 0.326 e. The van der Waals surface area contributed by atoms with Gasteiger partial charge in [-0.1, -0.05) is 160 Å². The highest BCUT2D eigenvalue weighted by atomic mass is 32.6. The molecule has 1 aliphatic rings. The number of carbonyl (C=O) groups is 12. The summed E-state index contributed by atoms with van der Waals surface area (Å²) in [6.07, 6.45) is 0.657. The summed E-state index contributed by atoms with van der Waals surface area (Å²) in [5.41, 5.74) is 7.38. The number of carboxylic acid groups (broad SMARTS) is 1. The van der Waals surface area contributed by atoms with Crippen molar-refractivity contribution in [1.29, 1.82) is 0 Å². The van der Waals surface area contributed by atoms with Gasteiger partial charge in [-0.25, -0.2) is 4.79 Å². The molecule has 14 N–H and O–H groups in total. The summed E-state index contributed by atoms with van der Waals surface area (Å²) >= 11 is 0. The quantitative estimate of drug-likeness (QED) is 0.0332. The third-order valence-corrected chi connectivity index (χ3v) is 44.8. The van der Waals surface area contributed by atoms with Gasteiger partial charge in [0.2, 0.25) is 65.0 Å².